The van der Waals surface area contributed by atoms with Gasteiger partial charge in [-0.1, -0.05) is 11.3 Å². The summed E-state index contributed by atoms with van der Waals surface area (Å²) >= 11 is 0. The van der Waals surface area contributed by atoms with Crippen LogP contribution in [-0.2, 0) is 13.5 Å². The molecular weight excluding hydrogens is 238 g/mol. The summed E-state index contributed by atoms with van der Waals surface area (Å²) in [4.78, 5) is 0. The lowest BCUT2D eigenvalue weighted by Crippen LogP contribution is -2.22. The van der Waals surface area contributed by atoms with Crippen LogP contribution in [0.1, 0.15) is 17.3 Å². The number of aromatic nitrogens is 3. The zero-order chi connectivity index (χ0) is 13.1. The number of nitrogens with zero attached hydrogens (tertiary/aromatic N) is 3. The molecule has 0 aliphatic heterocycles. The van der Waals surface area contributed by atoms with Gasteiger partial charge in [-0.2, -0.15) is 0 Å². The van der Waals surface area contributed by atoms with Crippen molar-refractivity contribution in [3.05, 3.63) is 47.3 Å². The standard InChI is InChI=1S/C12H14F2N4/c1-15-11(12-7-16-17-18(12)2)6-8-9(13)4-3-5-10(8)14/h3-5,7,11,15H,6H2,1-2H3. The smallest absolute Gasteiger partial charge is 0.129 e. The molecule has 2 rings (SSSR count). The Morgan fingerprint density at radius 1 is 1.33 bits per heavy atom. The highest BCUT2D eigenvalue weighted by Crippen LogP contribution is 2.21. The van der Waals surface area contributed by atoms with Gasteiger partial charge in [0.2, 0.25) is 0 Å². The predicted octanol–water partition coefficient (Wildman–Crippen LogP) is 1.60. The van der Waals surface area contributed by atoms with Gasteiger partial charge in [0.15, 0.2) is 0 Å². The van der Waals surface area contributed by atoms with Gasteiger partial charge in [0, 0.05) is 12.6 Å². The Kier molecular flexibility index (Phi) is 3.66. The fraction of sp³-hybridized carbons (Fsp3) is 0.333. The van der Waals surface area contributed by atoms with E-state index >= 15 is 0 Å². The third-order valence-corrected chi connectivity index (χ3v) is 2.92. The quantitative estimate of drug-likeness (QED) is 0.898. The van der Waals surface area contributed by atoms with E-state index in [1.165, 1.54) is 18.2 Å². The van der Waals surface area contributed by atoms with Gasteiger partial charge in [-0.05, 0) is 25.6 Å². The van der Waals surface area contributed by atoms with Crippen molar-refractivity contribution in [3.63, 3.8) is 0 Å². The lowest BCUT2D eigenvalue weighted by molar-refractivity contribution is 0.493. The average Bonchev–Trinajstić information content (AvgIpc) is 2.76. The van der Waals surface area contributed by atoms with E-state index < -0.39 is 11.6 Å². The van der Waals surface area contributed by atoms with E-state index in [4.69, 9.17) is 0 Å². The Morgan fingerprint density at radius 3 is 2.50 bits per heavy atom. The van der Waals surface area contributed by atoms with Crippen molar-refractivity contribution in [2.45, 2.75) is 12.5 Å². The number of benzene rings is 1. The van der Waals surface area contributed by atoms with Crippen LogP contribution in [0.3, 0.4) is 0 Å². The molecule has 0 fully saturated rings. The summed E-state index contributed by atoms with van der Waals surface area (Å²) in [6.45, 7) is 0. The second kappa shape index (κ2) is 5.22. The molecule has 4 nitrogen and oxygen atoms in total. The van der Waals surface area contributed by atoms with E-state index in [0.29, 0.717) is 0 Å². The maximum absolute atomic E-state index is 13.6. The Labute approximate surface area is 104 Å². The lowest BCUT2D eigenvalue weighted by atomic mass is 10.0. The van der Waals surface area contributed by atoms with E-state index in [2.05, 4.69) is 15.6 Å². The molecule has 18 heavy (non-hydrogen) atoms. The molecule has 6 heteroatoms. The SMILES string of the molecule is CNC(Cc1c(F)cccc1F)c1cnnn1C. The number of nitrogens with one attached hydrogen (secondary N) is 1. The minimum absolute atomic E-state index is 0.0676. The van der Waals surface area contributed by atoms with Crippen molar-refractivity contribution in [2.24, 2.45) is 7.05 Å². The van der Waals surface area contributed by atoms with Crippen LogP contribution < -0.4 is 5.32 Å². The fourth-order valence-electron chi connectivity index (χ4n) is 1.90. The molecule has 2 aromatic rings. The summed E-state index contributed by atoms with van der Waals surface area (Å²) in [6.07, 6.45) is 1.79. The lowest BCUT2D eigenvalue weighted by Gasteiger charge is -2.16. The maximum atomic E-state index is 13.6. The molecule has 0 bridgehead atoms. The highest BCUT2D eigenvalue weighted by molar-refractivity contribution is 5.22. The van der Waals surface area contributed by atoms with Crippen molar-refractivity contribution in [3.8, 4) is 0 Å². The van der Waals surface area contributed by atoms with E-state index in [-0.39, 0.29) is 18.0 Å². The minimum Gasteiger partial charge on any atom is -0.311 e. The summed E-state index contributed by atoms with van der Waals surface area (Å²) in [6, 6.07) is 3.63. The van der Waals surface area contributed by atoms with Crippen LogP contribution in [0, 0.1) is 11.6 Å². The van der Waals surface area contributed by atoms with Crippen molar-refractivity contribution < 1.29 is 8.78 Å². The second-order valence-electron chi connectivity index (χ2n) is 4.03. The first-order chi connectivity index (χ1) is 8.63. The Bertz CT molecular complexity index is 518. The highest BCUT2D eigenvalue weighted by atomic mass is 19.1. The number of halogens is 2. The third-order valence-electron chi connectivity index (χ3n) is 2.92. The van der Waals surface area contributed by atoms with Crippen LogP contribution in [0.4, 0.5) is 8.78 Å². The summed E-state index contributed by atoms with van der Waals surface area (Å²) in [5.74, 6) is -1.07. The summed E-state index contributed by atoms with van der Waals surface area (Å²) in [5, 5.41) is 10.6. The molecule has 0 aliphatic carbocycles. The monoisotopic (exact) mass is 252 g/mol. The Morgan fingerprint density at radius 2 is 2.00 bits per heavy atom. The molecule has 1 aromatic heterocycles. The molecular formula is C12H14F2N4. The van der Waals surface area contributed by atoms with Gasteiger partial charge in [0.25, 0.3) is 0 Å². The first-order valence-electron chi connectivity index (χ1n) is 5.58. The fourth-order valence-corrected chi connectivity index (χ4v) is 1.90. The zero-order valence-electron chi connectivity index (χ0n) is 10.2. The van der Waals surface area contributed by atoms with Crippen LogP contribution in [0.5, 0.6) is 0 Å². The zero-order valence-corrected chi connectivity index (χ0v) is 10.2. The van der Waals surface area contributed by atoms with E-state index in [0.717, 1.165) is 5.69 Å². The number of aryl methyl sites for hydroxylation is 1. The Balaban J connectivity index is 2.29. The van der Waals surface area contributed by atoms with Gasteiger partial charge in [-0.25, -0.2) is 8.78 Å². The van der Waals surface area contributed by atoms with Crippen LogP contribution >= 0.6 is 0 Å². The molecule has 0 aliphatic rings. The van der Waals surface area contributed by atoms with Crippen LogP contribution in [0.2, 0.25) is 0 Å². The summed E-state index contributed by atoms with van der Waals surface area (Å²) in [5.41, 5.74) is 0.846. The number of hydrogen-bond acceptors (Lipinski definition) is 3. The molecule has 1 atom stereocenters. The van der Waals surface area contributed by atoms with Crippen molar-refractivity contribution >= 4 is 0 Å². The van der Waals surface area contributed by atoms with Crippen LogP contribution in [0.15, 0.2) is 24.4 Å². The topological polar surface area (TPSA) is 42.7 Å². The molecule has 0 saturated carbocycles. The van der Waals surface area contributed by atoms with Gasteiger partial charge in [0.05, 0.1) is 17.9 Å². The van der Waals surface area contributed by atoms with Gasteiger partial charge in [0.1, 0.15) is 11.6 Å². The number of likely N-dealkylation sites (N-methyl/N-ethyl adjacent to an activating group) is 1. The molecule has 1 heterocycles. The van der Waals surface area contributed by atoms with Crippen LogP contribution in [-0.4, -0.2) is 22.0 Å². The molecule has 0 saturated heterocycles. The predicted molar refractivity (Wildman–Crippen MR) is 62.9 cm³/mol. The molecule has 1 N–H and O–H groups in total. The highest BCUT2D eigenvalue weighted by Gasteiger charge is 2.18. The second-order valence-corrected chi connectivity index (χ2v) is 4.03. The van der Waals surface area contributed by atoms with Gasteiger partial charge < -0.3 is 5.32 Å². The van der Waals surface area contributed by atoms with Crippen molar-refractivity contribution in [1.82, 2.24) is 20.3 Å². The van der Waals surface area contributed by atoms with Crippen LogP contribution in [0.25, 0.3) is 0 Å². The normalized spacial score (nSPS) is 12.7. The molecule has 1 unspecified atom stereocenters. The first kappa shape index (κ1) is 12.6. The van der Waals surface area contributed by atoms with Crippen molar-refractivity contribution in [1.29, 1.82) is 0 Å². The van der Waals surface area contributed by atoms with E-state index in [1.807, 2.05) is 0 Å². The van der Waals surface area contributed by atoms with E-state index in [1.54, 1.807) is 25.0 Å². The molecule has 0 amide bonds. The van der Waals surface area contributed by atoms with Gasteiger partial charge in [-0.3, -0.25) is 4.68 Å². The number of rotatable bonds is 4. The molecule has 96 valence electrons. The van der Waals surface area contributed by atoms with E-state index in [9.17, 15) is 8.78 Å². The van der Waals surface area contributed by atoms with Gasteiger partial charge >= 0.3 is 0 Å². The van der Waals surface area contributed by atoms with Gasteiger partial charge in [-0.15, -0.1) is 5.10 Å². The Hall–Kier alpha value is -1.82. The molecule has 1 aromatic carbocycles. The average molecular weight is 252 g/mol. The first-order valence-corrected chi connectivity index (χ1v) is 5.58. The maximum Gasteiger partial charge on any atom is 0.129 e. The summed E-state index contributed by atoms with van der Waals surface area (Å²) in [7, 11) is 3.47. The molecule has 0 radical (unpaired) electrons. The summed E-state index contributed by atoms with van der Waals surface area (Å²) < 4.78 is 28.8. The third kappa shape index (κ3) is 2.38. The number of hydrogen-bond donors (Lipinski definition) is 1. The molecule has 0 spiro atoms. The minimum atomic E-state index is -0.537. The largest absolute Gasteiger partial charge is 0.311 e. The van der Waals surface area contributed by atoms with Crippen molar-refractivity contribution in [2.75, 3.05) is 7.05 Å².